The molecule has 0 aliphatic carbocycles. The summed E-state index contributed by atoms with van der Waals surface area (Å²) in [6.07, 6.45) is 1.82. The minimum atomic E-state index is -0.822. The highest BCUT2D eigenvalue weighted by Crippen LogP contribution is 2.43. The summed E-state index contributed by atoms with van der Waals surface area (Å²) in [5.41, 5.74) is 6.42. The molecule has 1 amide bonds. The molecule has 3 atom stereocenters. The van der Waals surface area contributed by atoms with Gasteiger partial charge in [-0.2, -0.15) is 0 Å². The van der Waals surface area contributed by atoms with Crippen molar-refractivity contribution in [2.75, 3.05) is 18.6 Å². The van der Waals surface area contributed by atoms with Crippen LogP contribution in [0.4, 0.5) is 5.69 Å². The number of β-lactam (4-membered cyclic amide) rings is 1. The molecule has 134 valence electrons. The van der Waals surface area contributed by atoms with Crippen LogP contribution in [0.1, 0.15) is 5.56 Å². The number of ether oxygens (including phenoxy) is 1. The van der Waals surface area contributed by atoms with E-state index in [1.807, 2.05) is 6.26 Å². The summed E-state index contributed by atoms with van der Waals surface area (Å²) < 4.78 is 4.60. The van der Waals surface area contributed by atoms with E-state index in [4.69, 9.17) is 10.5 Å². The highest BCUT2D eigenvalue weighted by molar-refractivity contribution is 8.04. The Bertz CT molecular complexity index is 714. The number of hydrogen-bond donors (Lipinski definition) is 1. The Morgan fingerprint density at radius 2 is 2.20 bits per heavy atom. The van der Waals surface area contributed by atoms with Crippen LogP contribution in [0.3, 0.4) is 0 Å². The van der Waals surface area contributed by atoms with Crippen LogP contribution in [-0.4, -0.2) is 56.4 Å². The lowest BCUT2D eigenvalue weighted by Gasteiger charge is -2.52. The first-order chi connectivity index (χ1) is 11.9. The lowest BCUT2D eigenvalue weighted by atomic mass is 10.0. The largest absolute Gasteiger partial charge is 0.460 e. The molecule has 2 aliphatic rings. The predicted octanol–water partition coefficient (Wildman–Crippen LogP) is 0.982. The SMILES string of the molecule is CSC1(C(=O)OCc2ccc([N+](=O)[O-])cc2)CS[C@@H]2C(N)C(=O)N2C1. The van der Waals surface area contributed by atoms with Crippen LogP contribution in [0.5, 0.6) is 0 Å². The van der Waals surface area contributed by atoms with E-state index in [1.54, 1.807) is 17.0 Å². The monoisotopic (exact) mass is 383 g/mol. The van der Waals surface area contributed by atoms with Crippen LogP contribution in [0.2, 0.25) is 0 Å². The Kier molecular flexibility index (Phi) is 4.94. The molecule has 2 saturated heterocycles. The number of carbonyl (C=O) groups is 2. The van der Waals surface area contributed by atoms with Crippen molar-refractivity contribution in [2.45, 2.75) is 22.8 Å². The van der Waals surface area contributed by atoms with Crippen molar-refractivity contribution in [1.82, 2.24) is 4.90 Å². The lowest BCUT2D eigenvalue weighted by molar-refractivity contribution is -0.384. The van der Waals surface area contributed by atoms with Gasteiger partial charge in [-0.05, 0) is 24.0 Å². The van der Waals surface area contributed by atoms with Gasteiger partial charge >= 0.3 is 5.97 Å². The molecular formula is C15H17N3O5S2. The Labute approximate surface area is 152 Å². The smallest absolute Gasteiger partial charge is 0.325 e. The van der Waals surface area contributed by atoms with E-state index in [0.717, 1.165) is 0 Å². The van der Waals surface area contributed by atoms with Crippen LogP contribution in [0, 0.1) is 10.1 Å². The van der Waals surface area contributed by atoms with Gasteiger partial charge in [0.25, 0.3) is 5.69 Å². The number of nitrogens with zero attached hydrogens (tertiary/aromatic N) is 2. The second kappa shape index (κ2) is 6.85. The van der Waals surface area contributed by atoms with E-state index in [9.17, 15) is 19.7 Å². The average Bonchev–Trinajstić information content (AvgIpc) is 2.65. The van der Waals surface area contributed by atoms with Crippen molar-refractivity contribution >= 4 is 41.1 Å². The molecule has 10 heteroatoms. The molecule has 0 radical (unpaired) electrons. The first-order valence-electron chi connectivity index (χ1n) is 7.51. The van der Waals surface area contributed by atoms with Crippen LogP contribution >= 0.6 is 23.5 Å². The second-order valence-electron chi connectivity index (χ2n) is 5.89. The molecule has 0 aromatic heterocycles. The predicted molar refractivity (Wildman–Crippen MR) is 95.1 cm³/mol. The van der Waals surface area contributed by atoms with E-state index in [-0.39, 0.29) is 30.1 Å². The molecule has 1 aromatic carbocycles. The molecule has 3 rings (SSSR count). The van der Waals surface area contributed by atoms with Gasteiger partial charge in [-0.15, -0.1) is 23.5 Å². The maximum absolute atomic E-state index is 12.6. The number of thioether (sulfide) groups is 2. The summed E-state index contributed by atoms with van der Waals surface area (Å²) in [7, 11) is 0. The number of amides is 1. The molecule has 8 nitrogen and oxygen atoms in total. The summed E-state index contributed by atoms with van der Waals surface area (Å²) in [6.45, 7) is 0.318. The van der Waals surface area contributed by atoms with Gasteiger partial charge in [0.1, 0.15) is 22.8 Å². The summed E-state index contributed by atoms with van der Waals surface area (Å²) in [5, 5.41) is 10.6. The van der Waals surface area contributed by atoms with Crippen LogP contribution in [-0.2, 0) is 20.9 Å². The van der Waals surface area contributed by atoms with Gasteiger partial charge in [0, 0.05) is 24.4 Å². The zero-order chi connectivity index (χ0) is 18.2. The summed E-state index contributed by atoms with van der Waals surface area (Å²) in [4.78, 5) is 36.3. The number of nitrogens with two attached hydrogens (primary N) is 1. The fraction of sp³-hybridized carbons (Fsp3) is 0.467. The maximum Gasteiger partial charge on any atom is 0.325 e. The highest BCUT2D eigenvalue weighted by Gasteiger charge is 2.56. The molecule has 0 bridgehead atoms. The van der Waals surface area contributed by atoms with Gasteiger partial charge in [0.05, 0.1) is 4.92 Å². The number of esters is 1. The first-order valence-corrected chi connectivity index (χ1v) is 9.79. The van der Waals surface area contributed by atoms with E-state index in [2.05, 4.69) is 0 Å². The second-order valence-corrected chi connectivity index (χ2v) is 8.19. The molecule has 2 unspecified atom stereocenters. The number of carbonyl (C=O) groups excluding carboxylic acids is 2. The number of nitro benzene ring substituents is 1. The van der Waals surface area contributed by atoms with E-state index >= 15 is 0 Å². The third-order valence-electron chi connectivity index (χ3n) is 4.38. The Balaban J connectivity index is 1.63. The molecule has 2 fully saturated rings. The zero-order valence-electron chi connectivity index (χ0n) is 13.4. The number of fused-ring (bicyclic) bond motifs is 1. The number of benzene rings is 1. The molecular weight excluding hydrogens is 366 g/mol. The lowest BCUT2D eigenvalue weighted by Crippen LogP contribution is -2.73. The van der Waals surface area contributed by atoms with Gasteiger partial charge < -0.3 is 15.4 Å². The standard InChI is InChI=1S/C15H17N3O5S2/c1-24-15(7-17-12(19)11(16)13(17)25-8-15)14(20)23-6-9-2-4-10(5-3-9)18(21)22/h2-5,11,13H,6-8,16H2,1H3/t11?,13-,15?/m1/s1. The van der Waals surface area contributed by atoms with Gasteiger partial charge in [0.2, 0.25) is 5.91 Å². The van der Waals surface area contributed by atoms with Gasteiger partial charge in [-0.3, -0.25) is 19.7 Å². The van der Waals surface area contributed by atoms with Crippen LogP contribution in [0.25, 0.3) is 0 Å². The van der Waals surface area contributed by atoms with Crippen molar-refractivity contribution in [3.63, 3.8) is 0 Å². The van der Waals surface area contributed by atoms with Crippen molar-refractivity contribution in [3.05, 3.63) is 39.9 Å². The summed E-state index contributed by atoms with van der Waals surface area (Å²) >= 11 is 2.86. The van der Waals surface area contributed by atoms with Crippen molar-refractivity contribution < 1.29 is 19.2 Å². The van der Waals surface area contributed by atoms with E-state index in [1.165, 1.54) is 35.7 Å². The molecule has 2 aliphatic heterocycles. The summed E-state index contributed by atoms with van der Waals surface area (Å²) in [5.74, 6) is -0.00792. The van der Waals surface area contributed by atoms with Crippen molar-refractivity contribution in [1.29, 1.82) is 0 Å². The number of hydrogen-bond acceptors (Lipinski definition) is 8. The topological polar surface area (TPSA) is 116 Å². The van der Waals surface area contributed by atoms with Gasteiger partial charge in [-0.25, -0.2) is 0 Å². The Morgan fingerprint density at radius 1 is 1.52 bits per heavy atom. The molecule has 0 saturated carbocycles. The fourth-order valence-corrected chi connectivity index (χ4v) is 5.28. The first kappa shape index (κ1) is 18.0. The maximum atomic E-state index is 12.6. The zero-order valence-corrected chi connectivity index (χ0v) is 15.0. The van der Waals surface area contributed by atoms with E-state index < -0.39 is 21.7 Å². The molecule has 25 heavy (non-hydrogen) atoms. The molecule has 0 spiro atoms. The molecule has 2 heterocycles. The third kappa shape index (κ3) is 3.21. The Morgan fingerprint density at radius 3 is 2.80 bits per heavy atom. The third-order valence-corrected chi connectivity index (χ3v) is 7.33. The minimum absolute atomic E-state index is 0.0157. The normalized spacial score (nSPS) is 28.1. The van der Waals surface area contributed by atoms with Gasteiger partial charge in [0.15, 0.2) is 0 Å². The summed E-state index contributed by atoms with van der Waals surface area (Å²) in [6, 6.07) is 5.37. The van der Waals surface area contributed by atoms with Gasteiger partial charge in [-0.1, -0.05) is 0 Å². The molecule has 1 aromatic rings. The van der Waals surface area contributed by atoms with E-state index in [0.29, 0.717) is 11.3 Å². The number of rotatable bonds is 5. The van der Waals surface area contributed by atoms with Crippen molar-refractivity contribution in [3.8, 4) is 0 Å². The van der Waals surface area contributed by atoms with Crippen LogP contribution in [0.15, 0.2) is 24.3 Å². The number of non-ortho nitro benzene ring substituents is 1. The van der Waals surface area contributed by atoms with Crippen LogP contribution < -0.4 is 5.73 Å². The minimum Gasteiger partial charge on any atom is -0.460 e. The Hall–Kier alpha value is -1.78. The quantitative estimate of drug-likeness (QED) is 0.346. The molecule has 2 N–H and O–H groups in total. The van der Waals surface area contributed by atoms with Crippen molar-refractivity contribution in [2.24, 2.45) is 5.73 Å². The fourth-order valence-electron chi connectivity index (χ4n) is 2.78. The average molecular weight is 383 g/mol. The number of nitro groups is 1. The highest BCUT2D eigenvalue weighted by atomic mass is 32.2.